The molecular formula is C53H55Cl3N12O4. The summed E-state index contributed by atoms with van der Waals surface area (Å²) in [7, 11) is 3.21. The summed E-state index contributed by atoms with van der Waals surface area (Å²) in [6.07, 6.45) is 6.98. The number of ether oxygens (including phenoxy) is 2. The molecule has 72 heavy (non-hydrogen) atoms. The molecule has 1 N–H and O–H groups in total. The van der Waals surface area contributed by atoms with E-state index in [2.05, 4.69) is 39.9 Å². The van der Waals surface area contributed by atoms with Crippen molar-refractivity contribution in [3.8, 4) is 57.1 Å². The van der Waals surface area contributed by atoms with E-state index in [9.17, 15) is 9.59 Å². The minimum absolute atomic E-state index is 0. The van der Waals surface area contributed by atoms with Gasteiger partial charge in [-0.25, -0.2) is 0 Å². The molecule has 0 atom stereocenters. The summed E-state index contributed by atoms with van der Waals surface area (Å²) in [6.45, 7) is 5.78. The summed E-state index contributed by atoms with van der Waals surface area (Å²) >= 11 is 17.7. The lowest BCUT2D eigenvalue weighted by molar-refractivity contribution is -0.132. The second-order valence-electron chi connectivity index (χ2n) is 16.1. The lowest BCUT2D eigenvalue weighted by Gasteiger charge is -2.36. The highest BCUT2D eigenvalue weighted by Crippen LogP contribution is 2.32. The van der Waals surface area contributed by atoms with Crippen molar-refractivity contribution < 1.29 is 19.1 Å². The largest absolute Gasteiger partial charge is 0.495 e. The molecule has 0 aliphatic carbocycles. The van der Waals surface area contributed by atoms with Gasteiger partial charge in [0, 0.05) is 101 Å². The van der Waals surface area contributed by atoms with Gasteiger partial charge in [0.1, 0.15) is 35.3 Å². The molecule has 8 aromatic rings. The number of carbonyl (C=O) groups excluding carboxylic acids is 2. The minimum Gasteiger partial charge on any atom is -0.495 e. The van der Waals surface area contributed by atoms with Crippen molar-refractivity contribution in [2.24, 2.45) is 0 Å². The molecule has 8 heterocycles. The summed E-state index contributed by atoms with van der Waals surface area (Å²) in [5.74, 6) is 1.38. The van der Waals surface area contributed by atoms with Crippen LogP contribution >= 0.6 is 34.8 Å². The summed E-state index contributed by atoms with van der Waals surface area (Å²) in [6, 6.07) is 38.3. The van der Waals surface area contributed by atoms with Gasteiger partial charge in [0.05, 0.1) is 58.4 Å². The number of benzene rings is 2. The van der Waals surface area contributed by atoms with Crippen LogP contribution in [-0.2, 0) is 16.1 Å². The first-order chi connectivity index (χ1) is 34.7. The van der Waals surface area contributed by atoms with Crippen molar-refractivity contribution in [1.82, 2.24) is 49.7 Å². The average molecular weight is 1030 g/mol. The van der Waals surface area contributed by atoms with Crippen LogP contribution in [0, 0.1) is 0 Å². The Balaban J connectivity index is 0.000000173. The average Bonchev–Trinajstić information content (AvgIpc) is 4.11. The van der Waals surface area contributed by atoms with E-state index in [4.69, 9.17) is 49.4 Å². The van der Waals surface area contributed by atoms with E-state index in [1.54, 1.807) is 48.6 Å². The molecule has 16 nitrogen and oxygen atoms in total. The normalized spacial score (nSPS) is 13.2. The fraction of sp³-hybridized carbons (Fsp3) is 0.245. The second kappa shape index (κ2) is 25.5. The topological polar surface area (TPSA) is 164 Å². The van der Waals surface area contributed by atoms with E-state index in [1.165, 1.54) is 0 Å². The third kappa shape index (κ3) is 13.3. The van der Waals surface area contributed by atoms with Gasteiger partial charge in [0.15, 0.2) is 0 Å². The van der Waals surface area contributed by atoms with E-state index in [0.29, 0.717) is 53.4 Å². The van der Waals surface area contributed by atoms with Crippen molar-refractivity contribution in [3.63, 3.8) is 0 Å². The van der Waals surface area contributed by atoms with E-state index in [0.717, 1.165) is 77.4 Å². The second-order valence-corrected chi connectivity index (χ2v) is 17.2. The molecule has 2 aliphatic heterocycles. The number of hydrogen-bond acceptors (Lipinski definition) is 12. The fourth-order valence-corrected chi connectivity index (χ4v) is 8.51. The van der Waals surface area contributed by atoms with Gasteiger partial charge in [-0.1, -0.05) is 54.9 Å². The number of amides is 2. The first-order valence-corrected chi connectivity index (χ1v) is 24.1. The predicted octanol–water partition coefficient (Wildman–Crippen LogP) is 9.42. The standard InChI is InChI=1S/C26H25ClN6O2.C13H16Cl2N2O2.C13H10N4.CH4/c1-35-25-16-19(8-9-20(25)27)31-12-14-32(15-13-31)26(34)18-33-24(22-7-3-5-11-29-22)17-23(30-33)21-6-2-4-10-28-21;1-19-12-8-10(2-3-11(12)15)16-4-6-17(7-5-16)13(18)9-14;1-3-7-14-10(5-1)12-9-13(17-16-12)11-6-2-4-8-15-11;/h2-11,16-17H,12-15,18H2,1H3;2-3,8H,4-7,9H2,1H3;1-9H,(H,16,17);1H4. The monoisotopic (exact) mass is 1030 g/mol. The number of aromatic nitrogens is 8. The highest BCUT2D eigenvalue weighted by atomic mass is 35.5. The molecule has 6 aromatic heterocycles. The molecule has 0 saturated carbocycles. The molecule has 0 bridgehead atoms. The molecule has 0 unspecified atom stereocenters. The van der Waals surface area contributed by atoms with Crippen LogP contribution in [0.3, 0.4) is 0 Å². The maximum atomic E-state index is 13.3. The van der Waals surface area contributed by atoms with E-state index >= 15 is 0 Å². The SMILES string of the molecule is C.COc1cc(N2CCN(C(=O)CCl)CC2)ccc1Cl.COc1cc(N2CCN(C(=O)Cn3nc(-c4ccccn4)cc3-c3ccccn3)CC2)ccc1Cl.c1ccc(-c2cc(-c3ccccn3)[nH]n2)nc1. The number of H-pyrrole nitrogens is 1. The Hall–Kier alpha value is -7.53. The Morgan fingerprint density at radius 1 is 0.542 bits per heavy atom. The zero-order chi connectivity index (χ0) is 49.5. The Morgan fingerprint density at radius 3 is 1.46 bits per heavy atom. The molecular weight excluding hydrogens is 975 g/mol. The van der Waals surface area contributed by atoms with Gasteiger partial charge >= 0.3 is 0 Å². The molecule has 2 fully saturated rings. The van der Waals surface area contributed by atoms with Gasteiger partial charge in [-0.15, -0.1) is 11.6 Å². The lowest BCUT2D eigenvalue weighted by atomic mass is 10.2. The van der Waals surface area contributed by atoms with Crippen molar-refractivity contribution in [1.29, 1.82) is 0 Å². The van der Waals surface area contributed by atoms with Gasteiger partial charge in [-0.3, -0.25) is 39.3 Å². The number of rotatable bonds is 11. The van der Waals surface area contributed by atoms with E-state index in [1.807, 2.05) is 126 Å². The van der Waals surface area contributed by atoms with E-state index < -0.39 is 0 Å². The molecule has 372 valence electrons. The first kappa shape index (κ1) is 52.3. The van der Waals surface area contributed by atoms with Gasteiger partial charge in [-0.05, 0) is 84.9 Å². The first-order valence-electron chi connectivity index (χ1n) is 22.8. The van der Waals surface area contributed by atoms with E-state index in [-0.39, 0.29) is 31.7 Å². The van der Waals surface area contributed by atoms with Crippen LogP contribution in [0.2, 0.25) is 10.0 Å². The molecule has 19 heteroatoms. The summed E-state index contributed by atoms with van der Waals surface area (Å²) in [4.78, 5) is 50.3. The quantitative estimate of drug-likeness (QED) is 0.122. The zero-order valence-corrected chi connectivity index (χ0v) is 41.4. The molecule has 2 aromatic carbocycles. The van der Waals surface area contributed by atoms with Crippen molar-refractivity contribution in [2.75, 3.05) is 82.3 Å². The van der Waals surface area contributed by atoms with Crippen molar-refractivity contribution in [2.45, 2.75) is 14.0 Å². The Kier molecular flexibility index (Phi) is 18.6. The van der Waals surface area contributed by atoms with Gasteiger partial charge < -0.3 is 29.1 Å². The van der Waals surface area contributed by atoms with Crippen LogP contribution in [0.1, 0.15) is 7.43 Å². The van der Waals surface area contributed by atoms with Crippen molar-refractivity contribution >= 4 is 58.0 Å². The number of pyridine rings is 4. The van der Waals surface area contributed by atoms with Crippen LogP contribution in [0.25, 0.3) is 45.6 Å². The third-order valence-electron chi connectivity index (χ3n) is 11.7. The Morgan fingerprint density at radius 2 is 1.00 bits per heavy atom. The summed E-state index contributed by atoms with van der Waals surface area (Å²) in [5, 5.41) is 13.1. The highest BCUT2D eigenvalue weighted by molar-refractivity contribution is 6.32. The van der Waals surface area contributed by atoms with Crippen LogP contribution < -0.4 is 19.3 Å². The number of nitrogens with one attached hydrogen (secondary N) is 1. The van der Waals surface area contributed by atoms with Crippen LogP contribution in [0.4, 0.5) is 11.4 Å². The minimum atomic E-state index is -0.00463. The van der Waals surface area contributed by atoms with Gasteiger partial charge in [-0.2, -0.15) is 10.2 Å². The number of halogens is 3. The van der Waals surface area contributed by atoms with Crippen LogP contribution in [0.15, 0.2) is 146 Å². The fourth-order valence-electron chi connectivity index (χ4n) is 7.95. The number of piperazine rings is 2. The number of nitrogens with zero attached hydrogens (tertiary/aromatic N) is 11. The summed E-state index contributed by atoms with van der Waals surface area (Å²) < 4.78 is 12.3. The zero-order valence-electron chi connectivity index (χ0n) is 39.1. The Bertz CT molecular complexity index is 2920. The van der Waals surface area contributed by atoms with Crippen molar-refractivity contribution in [3.05, 3.63) is 156 Å². The molecule has 10 rings (SSSR count). The van der Waals surface area contributed by atoms with Crippen LogP contribution in [-0.4, -0.2) is 134 Å². The number of methoxy groups -OCH3 is 2. The van der Waals surface area contributed by atoms with Gasteiger partial charge in [0.25, 0.3) is 0 Å². The number of anilines is 2. The molecule has 0 radical (unpaired) electrons. The molecule has 2 saturated heterocycles. The number of alkyl halides is 1. The lowest BCUT2D eigenvalue weighted by Crippen LogP contribution is -2.49. The highest BCUT2D eigenvalue weighted by Gasteiger charge is 2.25. The smallest absolute Gasteiger partial charge is 0.244 e. The molecule has 2 amide bonds. The number of hydrogen-bond donors (Lipinski definition) is 1. The molecule has 2 aliphatic rings. The maximum absolute atomic E-state index is 13.3. The summed E-state index contributed by atoms with van der Waals surface area (Å²) in [5.41, 5.74) is 8.54. The van der Waals surface area contributed by atoms with Crippen LogP contribution in [0.5, 0.6) is 11.5 Å². The predicted molar refractivity (Wildman–Crippen MR) is 285 cm³/mol. The number of carbonyl (C=O) groups is 2. The molecule has 0 spiro atoms. The third-order valence-corrected chi connectivity index (χ3v) is 12.6. The van der Waals surface area contributed by atoms with Gasteiger partial charge in [0.2, 0.25) is 11.8 Å². The maximum Gasteiger partial charge on any atom is 0.244 e. The Labute approximate surface area is 434 Å². The number of aromatic amines is 1.